The molecule has 7 heteroatoms. The van der Waals surface area contributed by atoms with E-state index in [9.17, 15) is 4.79 Å². The molecule has 7 nitrogen and oxygen atoms in total. The average Bonchev–Trinajstić information content (AvgIpc) is 2.96. The third-order valence-corrected chi connectivity index (χ3v) is 5.54. The van der Waals surface area contributed by atoms with Crippen molar-refractivity contribution in [2.75, 3.05) is 10.6 Å². The molecule has 2 heterocycles. The molecule has 2 aromatic heterocycles. The van der Waals surface area contributed by atoms with E-state index in [0.717, 1.165) is 17.3 Å². The number of nitrogens with zero attached hydrogens (tertiary/aromatic N) is 4. The van der Waals surface area contributed by atoms with Gasteiger partial charge in [-0.1, -0.05) is 12.8 Å². The minimum Gasteiger partial charge on any atom is -0.305 e. The maximum atomic E-state index is 12.3. The first-order valence-electron chi connectivity index (χ1n) is 9.28. The zero-order valence-electron chi connectivity index (χ0n) is 14.9. The fourth-order valence-electron chi connectivity index (χ4n) is 3.77. The molecule has 0 aromatic carbocycles. The Balaban J connectivity index is 1.37. The Labute approximate surface area is 147 Å². The minimum atomic E-state index is -0.257. The number of carbonyl (C=O) groups is 1. The Bertz CT molecular complexity index is 753. The van der Waals surface area contributed by atoms with Gasteiger partial charge >= 0.3 is 6.03 Å². The summed E-state index contributed by atoms with van der Waals surface area (Å²) in [6.45, 7) is 4.19. The molecule has 2 aromatic rings. The predicted molar refractivity (Wildman–Crippen MR) is 96.8 cm³/mol. The van der Waals surface area contributed by atoms with Crippen molar-refractivity contribution in [3.63, 3.8) is 0 Å². The Morgan fingerprint density at radius 1 is 1.16 bits per heavy atom. The Hall–Kier alpha value is -2.31. The summed E-state index contributed by atoms with van der Waals surface area (Å²) in [6.07, 6.45) is 12.8. The van der Waals surface area contributed by atoms with Crippen molar-refractivity contribution in [2.24, 2.45) is 5.92 Å². The van der Waals surface area contributed by atoms with Crippen molar-refractivity contribution in [3.05, 3.63) is 24.3 Å². The molecule has 4 rings (SSSR count). The van der Waals surface area contributed by atoms with Gasteiger partial charge in [-0.15, -0.1) is 0 Å². The molecule has 2 N–H and O–H groups in total. The Morgan fingerprint density at radius 2 is 1.92 bits per heavy atom. The standard InChI is InChI=1S/C18H26N6O/c1-12(14-7-8-14)23-11-15(9-19-23)21-18(25)22-17-10-20-24(13(17)2)16-5-3-4-6-16/h9-12,14,16H,3-8H2,1-2H3,(H2,21,22,25). The highest BCUT2D eigenvalue weighted by Gasteiger charge is 2.29. The summed E-state index contributed by atoms with van der Waals surface area (Å²) >= 11 is 0. The molecule has 2 aliphatic rings. The number of hydrogen-bond donors (Lipinski definition) is 2. The molecule has 0 bridgehead atoms. The molecule has 2 saturated carbocycles. The summed E-state index contributed by atoms with van der Waals surface area (Å²) in [6, 6.07) is 0.610. The van der Waals surface area contributed by atoms with Gasteiger partial charge < -0.3 is 10.6 Å². The number of urea groups is 1. The summed E-state index contributed by atoms with van der Waals surface area (Å²) in [7, 11) is 0. The average molecular weight is 342 g/mol. The smallest absolute Gasteiger partial charge is 0.305 e. The summed E-state index contributed by atoms with van der Waals surface area (Å²) in [4.78, 5) is 12.3. The van der Waals surface area contributed by atoms with E-state index in [2.05, 4.69) is 32.4 Å². The van der Waals surface area contributed by atoms with Crippen molar-refractivity contribution in [3.8, 4) is 0 Å². The van der Waals surface area contributed by atoms with Crippen LogP contribution in [0, 0.1) is 12.8 Å². The maximum Gasteiger partial charge on any atom is 0.323 e. The number of aromatic nitrogens is 4. The van der Waals surface area contributed by atoms with Gasteiger partial charge in [0.05, 0.1) is 41.5 Å². The number of hydrogen-bond acceptors (Lipinski definition) is 3. The van der Waals surface area contributed by atoms with E-state index >= 15 is 0 Å². The zero-order chi connectivity index (χ0) is 17.4. The van der Waals surface area contributed by atoms with Gasteiger partial charge in [-0.05, 0) is 45.4 Å². The van der Waals surface area contributed by atoms with E-state index in [1.807, 2.05) is 17.8 Å². The molecule has 2 aliphatic carbocycles. The number of rotatable bonds is 5. The molecule has 134 valence electrons. The van der Waals surface area contributed by atoms with Crippen LogP contribution in [-0.4, -0.2) is 25.6 Å². The van der Waals surface area contributed by atoms with Crippen LogP contribution in [0.1, 0.15) is 63.2 Å². The van der Waals surface area contributed by atoms with Gasteiger partial charge in [0.1, 0.15) is 0 Å². The van der Waals surface area contributed by atoms with E-state index in [1.165, 1.54) is 38.5 Å². The van der Waals surface area contributed by atoms with Gasteiger partial charge in [0.25, 0.3) is 0 Å². The minimum absolute atomic E-state index is 0.257. The summed E-state index contributed by atoms with van der Waals surface area (Å²) in [5, 5.41) is 14.6. The van der Waals surface area contributed by atoms with E-state index in [1.54, 1.807) is 12.4 Å². The summed E-state index contributed by atoms with van der Waals surface area (Å²) in [5.74, 6) is 0.727. The predicted octanol–water partition coefficient (Wildman–Crippen LogP) is 4.12. The van der Waals surface area contributed by atoms with E-state index in [0.29, 0.717) is 17.8 Å². The molecular weight excluding hydrogens is 316 g/mol. The Kier molecular flexibility index (Phi) is 4.23. The quantitative estimate of drug-likeness (QED) is 0.858. The van der Waals surface area contributed by atoms with Gasteiger partial charge in [-0.2, -0.15) is 10.2 Å². The molecule has 25 heavy (non-hydrogen) atoms. The Morgan fingerprint density at radius 3 is 2.64 bits per heavy atom. The highest BCUT2D eigenvalue weighted by molar-refractivity contribution is 5.99. The van der Waals surface area contributed by atoms with Gasteiger partial charge in [-0.25, -0.2) is 4.79 Å². The van der Waals surface area contributed by atoms with E-state index in [4.69, 9.17) is 0 Å². The SMILES string of the molecule is Cc1c(NC(=O)Nc2cnn(C(C)C3CC3)c2)cnn1C1CCCC1. The highest BCUT2D eigenvalue weighted by Crippen LogP contribution is 2.39. The molecule has 0 spiro atoms. The summed E-state index contributed by atoms with van der Waals surface area (Å²) in [5.41, 5.74) is 2.49. The van der Waals surface area contributed by atoms with Gasteiger partial charge in [0.15, 0.2) is 0 Å². The van der Waals surface area contributed by atoms with Crippen LogP contribution in [0.4, 0.5) is 16.2 Å². The van der Waals surface area contributed by atoms with E-state index < -0.39 is 0 Å². The lowest BCUT2D eigenvalue weighted by Gasteiger charge is -2.13. The second-order valence-electron chi connectivity index (χ2n) is 7.39. The fourth-order valence-corrected chi connectivity index (χ4v) is 3.77. The molecule has 2 fully saturated rings. The van der Waals surface area contributed by atoms with Crippen LogP contribution in [0.15, 0.2) is 18.6 Å². The number of carbonyl (C=O) groups excluding carboxylic acids is 1. The van der Waals surface area contributed by atoms with Crippen molar-refractivity contribution in [1.82, 2.24) is 19.6 Å². The third-order valence-electron chi connectivity index (χ3n) is 5.54. The van der Waals surface area contributed by atoms with Crippen LogP contribution < -0.4 is 10.6 Å². The summed E-state index contributed by atoms with van der Waals surface area (Å²) < 4.78 is 3.99. The van der Waals surface area contributed by atoms with Crippen LogP contribution in [-0.2, 0) is 0 Å². The van der Waals surface area contributed by atoms with Crippen molar-refractivity contribution < 1.29 is 4.79 Å². The zero-order valence-corrected chi connectivity index (χ0v) is 14.9. The van der Waals surface area contributed by atoms with E-state index in [-0.39, 0.29) is 6.03 Å². The van der Waals surface area contributed by atoms with Crippen molar-refractivity contribution >= 4 is 17.4 Å². The van der Waals surface area contributed by atoms with Gasteiger partial charge in [-0.3, -0.25) is 9.36 Å². The van der Waals surface area contributed by atoms with Gasteiger partial charge in [0, 0.05) is 6.20 Å². The second-order valence-corrected chi connectivity index (χ2v) is 7.39. The number of nitrogens with one attached hydrogen (secondary N) is 2. The van der Waals surface area contributed by atoms with Crippen LogP contribution in [0.25, 0.3) is 0 Å². The lowest BCUT2D eigenvalue weighted by atomic mass is 10.2. The first kappa shape index (κ1) is 16.2. The van der Waals surface area contributed by atoms with Crippen LogP contribution in [0.5, 0.6) is 0 Å². The van der Waals surface area contributed by atoms with Crippen LogP contribution >= 0.6 is 0 Å². The monoisotopic (exact) mass is 342 g/mol. The number of amides is 2. The number of anilines is 2. The first-order valence-corrected chi connectivity index (χ1v) is 9.28. The normalized spacial score (nSPS) is 19.1. The largest absolute Gasteiger partial charge is 0.323 e. The van der Waals surface area contributed by atoms with Gasteiger partial charge in [0.2, 0.25) is 0 Å². The lowest BCUT2D eigenvalue weighted by molar-refractivity contribution is 0.262. The topological polar surface area (TPSA) is 76.8 Å². The highest BCUT2D eigenvalue weighted by atomic mass is 16.2. The maximum absolute atomic E-state index is 12.3. The first-order chi connectivity index (χ1) is 12.1. The molecule has 1 unspecified atom stereocenters. The molecule has 2 amide bonds. The third kappa shape index (κ3) is 3.41. The lowest BCUT2D eigenvalue weighted by Crippen LogP contribution is -2.19. The van der Waals surface area contributed by atoms with Crippen LogP contribution in [0.2, 0.25) is 0 Å². The van der Waals surface area contributed by atoms with Crippen LogP contribution in [0.3, 0.4) is 0 Å². The van der Waals surface area contributed by atoms with Crippen molar-refractivity contribution in [2.45, 2.75) is 64.5 Å². The fraction of sp³-hybridized carbons (Fsp3) is 0.611. The molecule has 0 radical (unpaired) electrons. The molecule has 1 atom stereocenters. The van der Waals surface area contributed by atoms with Crippen molar-refractivity contribution in [1.29, 1.82) is 0 Å². The molecule has 0 saturated heterocycles. The molecule has 0 aliphatic heterocycles. The second kappa shape index (κ2) is 6.54. The molecular formula is C18H26N6O.